The van der Waals surface area contributed by atoms with Crippen LogP contribution in [-0.4, -0.2) is 48.2 Å². The van der Waals surface area contributed by atoms with E-state index < -0.39 is 22.2 Å². The summed E-state index contributed by atoms with van der Waals surface area (Å²) in [6.45, 7) is 3.55. The first kappa shape index (κ1) is 17.1. The van der Waals surface area contributed by atoms with Crippen molar-refractivity contribution in [2.45, 2.75) is 43.8 Å². The van der Waals surface area contributed by atoms with Crippen molar-refractivity contribution < 1.29 is 18.6 Å². The Labute approximate surface area is 120 Å². The Balaban J connectivity index is 3.02. The molecule has 0 radical (unpaired) electrons. The van der Waals surface area contributed by atoms with Crippen molar-refractivity contribution in [2.75, 3.05) is 13.1 Å². The normalized spacial score (nSPS) is 15.2. The van der Waals surface area contributed by atoms with Crippen molar-refractivity contribution in [3.8, 4) is 0 Å². The van der Waals surface area contributed by atoms with Crippen LogP contribution in [0.25, 0.3) is 0 Å². The van der Waals surface area contributed by atoms with Crippen LogP contribution in [0.1, 0.15) is 26.7 Å². The lowest BCUT2D eigenvalue weighted by Gasteiger charge is -2.26. The van der Waals surface area contributed by atoms with Crippen LogP contribution in [0.4, 0.5) is 0 Å². The van der Waals surface area contributed by atoms with Crippen molar-refractivity contribution in [1.29, 1.82) is 0 Å². The smallest absolute Gasteiger partial charge is 0.243 e. The topological polar surface area (TPSA) is 77.8 Å². The summed E-state index contributed by atoms with van der Waals surface area (Å²) < 4.78 is 26.2. The van der Waals surface area contributed by atoms with Crippen molar-refractivity contribution in [2.24, 2.45) is 0 Å². The highest BCUT2D eigenvalue weighted by molar-refractivity contribution is 7.89. The summed E-state index contributed by atoms with van der Waals surface area (Å²) >= 11 is 0. The van der Waals surface area contributed by atoms with Crippen LogP contribution >= 0.6 is 0 Å². The zero-order valence-electron chi connectivity index (χ0n) is 11.9. The quantitative estimate of drug-likeness (QED) is 0.757. The molecule has 1 aromatic rings. The SMILES string of the molecule is CCC(O)CN(CC(O)CC)S(=O)(=O)c1ccccc1. The number of rotatable bonds is 8. The molecule has 2 N–H and O–H groups in total. The van der Waals surface area contributed by atoms with Gasteiger partial charge in [0.15, 0.2) is 0 Å². The van der Waals surface area contributed by atoms with Gasteiger partial charge in [0.1, 0.15) is 0 Å². The summed E-state index contributed by atoms with van der Waals surface area (Å²) in [5, 5.41) is 19.5. The molecule has 0 spiro atoms. The largest absolute Gasteiger partial charge is 0.392 e. The Bertz CT molecular complexity index is 477. The van der Waals surface area contributed by atoms with E-state index in [4.69, 9.17) is 0 Å². The van der Waals surface area contributed by atoms with Gasteiger partial charge in [0.25, 0.3) is 0 Å². The van der Waals surface area contributed by atoms with Crippen LogP contribution in [0.5, 0.6) is 0 Å². The van der Waals surface area contributed by atoms with E-state index in [9.17, 15) is 18.6 Å². The highest BCUT2D eigenvalue weighted by Gasteiger charge is 2.27. The Morgan fingerprint density at radius 1 is 1.00 bits per heavy atom. The molecule has 0 aliphatic rings. The fourth-order valence-electron chi connectivity index (χ4n) is 1.74. The molecule has 114 valence electrons. The van der Waals surface area contributed by atoms with Gasteiger partial charge in [-0.05, 0) is 25.0 Å². The first-order valence-corrected chi connectivity index (χ1v) is 8.27. The standard InChI is InChI=1S/C14H23NO4S/c1-3-12(16)10-15(11-13(17)4-2)20(18,19)14-8-6-5-7-9-14/h5-9,12-13,16-17H,3-4,10-11H2,1-2H3. The fourth-order valence-corrected chi connectivity index (χ4v) is 3.28. The molecule has 1 aromatic carbocycles. The predicted octanol–water partition coefficient (Wildman–Crippen LogP) is 1.22. The van der Waals surface area contributed by atoms with Gasteiger partial charge in [0, 0.05) is 13.1 Å². The molecule has 6 heteroatoms. The van der Waals surface area contributed by atoms with E-state index in [0.717, 1.165) is 4.31 Å². The summed E-state index contributed by atoms with van der Waals surface area (Å²) in [6, 6.07) is 8.07. The van der Waals surface area contributed by atoms with Gasteiger partial charge in [0.05, 0.1) is 17.1 Å². The molecular weight excluding hydrogens is 278 g/mol. The van der Waals surface area contributed by atoms with Gasteiger partial charge in [-0.15, -0.1) is 0 Å². The lowest BCUT2D eigenvalue weighted by molar-refractivity contribution is 0.104. The number of benzene rings is 1. The second kappa shape index (κ2) is 7.73. The van der Waals surface area contributed by atoms with Gasteiger partial charge in [-0.2, -0.15) is 4.31 Å². The lowest BCUT2D eigenvalue weighted by atomic mass is 10.2. The van der Waals surface area contributed by atoms with Crippen molar-refractivity contribution in [1.82, 2.24) is 4.31 Å². The van der Waals surface area contributed by atoms with Crippen LogP contribution in [0.3, 0.4) is 0 Å². The van der Waals surface area contributed by atoms with E-state index in [1.807, 2.05) is 0 Å². The third-order valence-corrected chi connectivity index (χ3v) is 5.00. The van der Waals surface area contributed by atoms with Gasteiger partial charge in [0.2, 0.25) is 10.0 Å². The molecule has 20 heavy (non-hydrogen) atoms. The highest BCUT2D eigenvalue weighted by atomic mass is 32.2. The predicted molar refractivity (Wildman–Crippen MR) is 77.8 cm³/mol. The molecule has 0 saturated carbocycles. The van der Waals surface area contributed by atoms with Crippen LogP contribution in [0.2, 0.25) is 0 Å². The Morgan fingerprint density at radius 2 is 1.45 bits per heavy atom. The first-order chi connectivity index (χ1) is 9.41. The van der Waals surface area contributed by atoms with E-state index in [-0.39, 0.29) is 18.0 Å². The summed E-state index contributed by atoms with van der Waals surface area (Å²) in [7, 11) is -3.70. The minimum atomic E-state index is -3.70. The summed E-state index contributed by atoms with van der Waals surface area (Å²) in [5.41, 5.74) is 0. The van der Waals surface area contributed by atoms with Gasteiger partial charge in [-0.1, -0.05) is 32.0 Å². The fraction of sp³-hybridized carbons (Fsp3) is 0.571. The summed E-state index contributed by atoms with van der Waals surface area (Å²) in [6.07, 6.45) is -0.554. The van der Waals surface area contributed by atoms with Crippen LogP contribution in [0, 0.1) is 0 Å². The van der Waals surface area contributed by atoms with E-state index in [0.29, 0.717) is 12.8 Å². The molecule has 0 aliphatic carbocycles. The van der Waals surface area contributed by atoms with Crippen molar-refractivity contribution in [3.05, 3.63) is 30.3 Å². The van der Waals surface area contributed by atoms with Gasteiger partial charge < -0.3 is 10.2 Å². The second-order valence-corrected chi connectivity index (χ2v) is 6.70. The van der Waals surface area contributed by atoms with Gasteiger partial charge >= 0.3 is 0 Å². The lowest BCUT2D eigenvalue weighted by Crippen LogP contribution is -2.41. The van der Waals surface area contributed by atoms with E-state index >= 15 is 0 Å². The number of sulfonamides is 1. The molecule has 0 fully saturated rings. The number of aliphatic hydroxyl groups excluding tert-OH is 2. The zero-order valence-corrected chi connectivity index (χ0v) is 12.8. The average Bonchev–Trinajstić information content (AvgIpc) is 2.46. The third kappa shape index (κ3) is 4.56. The molecule has 5 nitrogen and oxygen atoms in total. The molecule has 2 unspecified atom stereocenters. The number of nitrogens with zero attached hydrogens (tertiary/aromatic N) is 1. The number of hydrogen-bond donors (Lipinski definition) is 2. The molecule has 0 amide bonds. The van der Waals surface area contributed by atoms with Crippen LogP contribution < -0.4 is 0 Å². The van der Waals surface area contributed by atoms with E-state index in [1.165, 1.54) is 12.1 Å². The third-order valence-electron chi connectivity index (χ3n) is 3.15. The molecule has 1 rings (SSSR count). The Hall–Kier alpha value is -0.950. The molecule has 0 bridgehead atoms. The molecule has 2 atom stereocenters. The summed E-state index contributed by atoms with van der Waals surface area (Å²) in [4.78, 5) is 0.173. The molecule has 0 aliphatic heterocycles. The molecular formula is C14H23NO4S. The Morgan fingerprint density at radius 3 is 1.85 bits per heavy atom. The zero-order chi connectivity index (χ0) is 15.2. The highest BCUT2D eigenvalue weighted by Crippen LogP contribution is 2.17. The van der Waals surface area contributed by atoms with E-state index in [2.05, 4.69) is 0 Å². The van der Waals surface area contributed by atoms with Gasteiger partial charge in [-0.3, -0.25) is 0 Å². The number of aliphatic hydroxyl groups is 2. The van der Waals surface area contributed by atoms with Gasteiger partial charge in [-0.25, -0.2) is 8.42 Å². The van der Waals surface area contributed by atoms with Crippen LogP contribution in [0.15, 0.2) is 35.2 Å². The molecule has 0 aromatic heterocycles. The minimum absolute atomic E-state index is 0.00914. The Kier molecular flexibility index (Phi) is 6.61. The summed E-state index contributed by atoms with van der Waals surface area (Å²) in [5.74, 6) is 0. The molecule has 0 heterocycles. The molecule has 0 saturated heterocycles. The monoisotopic (exact) mass is 301 g/mol. The maximum absolute atomic E-state index is 12.5. The first-order valence-electron chi connectivity index (χ1n) is 6.83. The number of hydrogen-bond acceptors (Lipinski definition) is 4. The van der Waals surface area contributed by atoms with Crippen molar-refractivity contribution in [3.63, 3.8) is 0 Å². The van der Waals surface area contributed by atoms with Crippen molar-refractivity contribution >= 4 is 10.0 Å². The van der Waals surface area contributed by atoms with E-state index in [1.54, 1.807) is 32.0 Å². The minimum Gasteiger partial charge on any atom is -0.392 e. The average molecular weight is 301 g/mol. The second-order valence-electron chi connectivity index (χ2n) is 4.76. The maximum Gasteiger partial charge on any atom is 0.243 e. The van der Waals surface area contributed by atoms with Crippen LogP contribution in [-0.2, 0) is 10.0 Å². The maximum atomic E-state index is 12.5.